The molecular formula is C19H24N2O2S. The molecule has 0 aliphatic carbocycles. The zero-order valence-electron chi connectivity index (χ0n) is 13.9. The quantitative estimate of drug-likeness (QED) is 0.893. The van der Waals surface area contributed by atoms with Crippen LogP contribution in [0.15, 0.2) is 47.8 Å². The first kappa shape index (κ1) is 17.0. The minimum atomic E-state index is -0.432. The molecule has 2 heterocycles. The summed E-state index contributed by atoms with van der Waals surface area (Å²) in [4.78, 5) is 15.5. The number of rotatable bonds is 4. The van der Waals surface area contributed by atoms with Gasteiger partial charge in [0.05, 0.1) is 12.1 Å². The number of piperidine rings is 1. The molecule has 1 aromatic carbocycles. The maximum Gasteiger partial charge on any atom is 0.318 e. The molecule has 1 saturated heterocycles. The average Bonchev–Trinajstić information content (AvgIpc) is 3.12. The Labute approximate surface area is 147 Å². The number of hydrogen-bond acceptors (Lipinski definition) is 3. The molecule has 5 heteroatoms. The normalized spacial score (nSPS) is 22.2. The molecule has 3 rings (SSSR count). The highest BCUT2D eigenvalue weighted by molar-refractivity contribution is 7.10. The second kappa shape index (κ2) is 7.81. The molecule has 4 nitrogen and oxygen atoms in total. The Bertz CT molecular complexity index is 645. The smallest absolute Gasteiger partial charge is 0.318 e. The molecule has 1 aromatic heterocycles. The van der Waals surface area contributed by atoms with Crippen LogP contribution in [0.3, 0.4) is 0 Å². The predicted octanol–water partition coefficient (Wildman–Crippen LogP) is 3.44. The summed E-state index contributed by atoms with van der Waals surface area (Å²) in [6.45, 7) is 3.14. The maximum atomic E-state index is 12.7. The van der Waals surface area contributed by atoms with Crippen LogP contribution in [0.5, 0.6) is 0 Å². The van der Waals surface area contributed by atoms with Crippen molar-refractivity contribution in [2.45, 2.75) is 31.9 Å². The number of amides is 2. The SMILES string of the molecule is CC1CCN(C(=O)NC(Cc2ccccc2)c2cccs2)CC1O. The summed E-state index contributed by atoms with van der Waals surface area (Å²) in [6, 6.07) is 14.1. The highest BCUT2D eigenvalue weighted by Gasteiger charge is 2.28. The second-order valence-corrected chi connectivity index (χ2v) is 7.47. The van der Waals surface area contributed by atoms with E-state index in [-0.39, 0.29) is 18.0 Å². The first-order valence-electron chi connectivity index (χ1n) is 8.44. The van der Waals surface area contributed by atoms with Gasteiger partial charge in [0.1, 0.15) is 0 Å². The largest absolute Gasteiger partial charge is 0.391 e. The lowest BCUT2D eigenvalue weighted by molar-refractivity contribution is 0.0430. The molecule has 24 heavy (non-hydrogen) atoms. The van der Waals surface area contributed by atoms with Crippen molar-refractivity contribution in [2.75, 3.05) is 13.1 Å². The Morgan fingerprint density at radius 2 is 2.12 bits per heavy atom. The molecule has 0 bridgehead atoms. The molecule has 128 valence electrons. The van der Waals surface area contributed by atoms with Crippen molar-refractivity contribution in [2.24, 2.45) is 5.92 Å². The molecule has 1 aliphatic rings. The third-order valence-corrected chi connectivity index (χ3v) is 5.66. The maximum absolute atomic E-state index is 12.7. The van der Waals surface area contributed by atoms with E-state index < -0.39 is 6.10 Å². The van der Waals surface area contributed by atoms with Crippen LogP contribution in [0.25, 0.3) is 0 Å². The number of aliphatic hydroxyl groups is 1. The van der Waals surface area contributed by atoms with E-state index in [1.54, 1.807) is 16.2 Å². The van der Waals surface area contributed by atoms with E-state index in [0.717, 1.165) is 17.7 Å². The molecule has 3 atom stereocenters. The number of carbonyl (C=O) groups excluding carboxylic acids is 1. The monoisotopic (exact) mass is 344 g/mol. The lowest BCUT2D eigenvalue weighted by Crippen LogP contribution is -2.50. The molecule has 1 fully saturated rings. The van der Waals surface area contributed by atoms with Crippen molar-refractivity contribution >= 4 is 17.4 Å². The third-order valence-electron chi connectivity index (χ3n) is 4.67. The van der Waals surface area contributed by atoms with Gasteiger partial charge in [0.15, 0.2) is 0 Å². The molecular weight excluding hydrogens is 320 g/mol. The zero-order valence-corrected chi connectivity index (χ0v) is 14.7. The Hall–Kier alpha value is -1.85. The van der Waals surface area contributed by atoms with Gasteiger partial charge in [-0.15, -0.1) is 11.3 Å². The second-order valence-electron chi connectivity index (χ2n) is 6.49. The Balaban J connectivity index is 1.69. The summed E-state index contributed by atoms with van der Waals surface area (Å²) in [5.74, 6) is 0.256. The number of benzene rings is 1. The summed E-state index contributed by atoms with van der Waals surface area (Å²) in [5, 5.41) is 15.2. The number of nitrogens with zero attached hydrogens (tertiary/aromatic N) is 1. The number of likely N-dealkylation sites (tertiary alicyclic amines) is 1. The van der Waals surface area contributed by atoms with E-state index in [2.05, 4.69) is 23.5 Å². The van der Waals surface area contributed by atoms with Crippen molar-refractivity contribution < 1.29 is 9.90 Å². The van der Waals surface area contributed by atoms with Crippen molar-refractivity contribution in [3.8, 4) is 0 Å². The number of aliphatic hydroxyl groups excluding tert-OH is 1. The van der Waals surface area contributed by atoms with Crippen LogP contribution in [-0.4, -0.2) is 35.2 Å². The van der Waals surface area contributed by atoms with Gasteiger partial charge >= 0.3 is 6.03 Å². The molecule has 0 radical (unpaired) electrons. The first-order chi connectivity index (χ1) is 11.6. The topological polar surface area (TPSA) is 52.6 Å². The van der Waals surface area contributed by atoms with Crippen molar-refractivity contribution in [1.29, 1.82) is 0 Å². The number of β-amino-alcohol motifs (C(OH)–C–C–N with tert-alkyl or cyclic N) is 1. The lowest BCUT2D eigenvalue weighted by atomic mass is 9.96. The zero-order chi connectivity index (χ0) is 16.9. The summed E-state index contributed by atoms with van der Waals surface area (Å²) < 4.78 is 0. The lowest BCUT2D eigenvalue weighted by Gasteiger charge is -2.35. The molecule has 0 spiro atoms. The summed E-state index contributed by atoms with van der Waals surface area (Å²) in [5.41, 5.74) is 1.20. The van der Waals surface area contributed by atoms with E-state index in [1.165, 1.54) is 5.56 Å². The summed E-state index contributed by atoms with van der Waals surface area (Å²) >= 11 is 1.66. The van der Waals surface area contributed by atoms with E-state index in [0.29, 0.717) is 13.1 Å². The van der Waals surface area contributed by atoms with Crippen molar-refractivity contribution in [3.63, 3.8) is 0 Å². The van der Waals surface area contributed by atoms with E-state index >= 15 is 0 Å². The van der Waals surface area contributed by atoms with Gasteiger partial charge in [0.25, 0.3) is 0 Å². The van der Waals surface area contributed by atoms with Gasteiger partial charge in [-0.3, -0.25) is 0 Å². The van der Waals surface area contributed by atoms with Gasteiger partial charge in [0, 0.05) is 18.0 Å². The van der Waals surface area contributed by atoms with Gasteiger partial charge in [-0.1, -0.05) is 43.3 Å². The number of carbonyl (C=O) groups is 1. The molecule has 2 amide bonds. The van der Waals surface area contributed by atoms with E-state index in [4.69, 9.17) is 0 Å². The number of hydrogen-bond donors (Lipinski definition) is 2. The molecule has 2 N–H and O–H groups in total. The van der Waals surface area contributed by atoms with Gasteiger partial charge < -0.3 is 15.3 Å². The Kier molecular flexibility index (Phi) is 5.53. The highest BCUT2D eigenvalue weighted by atomic mass is 32.1. The van der Waals surface area contributed by atoms with Crippen molar-refractivity contribution in [3.05, 3.63) is 58.3 Å². The van der Waals surface area contributed by atoms with Crippen molar-refractivity contribution in [1.82, 2.24) is 10.2 Å². The van der Waals surface area contributed by atoms with Gasteiger partial charge in [-0.25, -0.2) is 4.79 Å². The number of urea groups is 1. The minimum Gasteiger partial charge on any atom is -0.391 e. The number of nitrogens with one attached hydrogen (secondary N) is 1. The summed E-state index contributed by atoms with van der Waals surface area (Å²) in [7, 11) is 0. The average molecular weight is 344 g/mol. The van der Waals surface area contributed by atoms with E-state index in [1.807, 2.05) is 36.6 Å². The number of thiophene rings is 1. The van der Waals surface area contributed by atoms with Crippen LogP contribution in [0.1, 0.15) is 29.8 Å². The molecule has 2 aromatic rings. The molecule has 3 unspecified atom stereocenters. The minimum absolute atomic E-state index is 0.0450. The van der Waals surface area contributed by atoms with Crippen LogP contribution in [0, 0.1) is 5.92 Å². The van der Waals surface area contributed by atoms with Crippen LogP contribution >= 0.6 is 11.3 Å². The van der Waals surface area contributed by atoms with Crippen LogP contribution < -0.4 is 5.32 Å². The van der Waals surface area contributed by atoms with Gasteiger partial charge in [-0.2, -0.15) is 0 Å². The predicted molar refractivity (Wildman–Crippen MR) is 97.1 cm³/mol. The highest BCUT2D eigenvalue weighted by Crippen LogP contribution is 2.24. The standard InChI is InChI=1S/C19H24N2O2S/c1-14-9-10-21(13-17(14)22)19(23)20-16(18-8-5-11-24-18)12-15-6-3-2-4-7-15/h2-8,11,14,16-17,22H,9-10,12-13H2,1H3,(H,20,23). The van der Waals surface area contributed by atoms with Gasteiger partial charge in [0.2, 0.25) is 0 Å². The fourth-order valence-corrected chi connectivity index (χ4v) is 3.81. The van der Waals surface area contributed by atoms with Gasteiger partial charge in [-0.05, 0) is 35.8 Å². The molecule has 0 saturated carbocycles. The summed E-state index contributed by atoms with van der Waals surface area (Å²) in [6.07, 6.45) is 1.18. The van der Waals surface area contributed by atoms with E-state index in [9.17, 15) is 9.90 Å². The Morgan fingerprint density at radius 1 is 1.33 bits per heavy atom. The fraction of sp³-hybridized carbons (Fsp3) is 0.421. The third kappa shape index (κ3) is 4.16. The Morgan fingerprint density at radius 3 is 2.79 bits per heavy atom. The van der Waals surface area contributed by atoms with Crippen LogP contribution in [0.4, 0.5) is 4.79 Å². The fourth-order valence-electron chi connectivity index (χ4n) is 3.04. The van der Waals surface area contributed by atoms with Crippen LogP contribution in [-0.2, 0) is 6.42 Å². The molecule has 1 aliphatic heterocycles. The van der Waals surface area contributed by atoms with Crippen LogP contribution in [0.2, 0.25) is 0 Å². The first-order valence-corrected chi connectivity index (χ1v) is 9.32.